The number of allylic oxidation sites excluding steroid dienone is 1. The molecule has 2 aromatic heterocycles. The lowest BCUT2D eigenvalue weighted by Crippen LogP contribution is -2.20. The molecule has 0 aliphatic carbocycles. The smallest absolute Gasteiger partial charge is 0.263 e. The molecule has 3 heterocycles. The lowest BCUT2D eigenvalue weighted by Gasteiger charge is -2.06. The highest BCUT2D eigenvalue weighted by Gasteiger charge is 2.24. The molecular formula is C24H20N2O2S. The molecule has 0 saturated carbocycles. The van der Waals surface area contributed by atoms with Gasteiger partial charge >= 0.3 is 0 Å². The van der Waals surface area contributed by atoms with Gasteiger partial charge in [0.15, 0.2) is 0 Å². The molecule has 0 bridgehead atoms. The summed E-state index contributed by atoms with van der Waals surface area (Å²) in [6.07, 6.45) is 2.91. The molecule has 29 heavy (non-hydrogen) atoms. The number of methoxy groups -OCH3 is 1. The van der Waals surface area contributed by atoms with Gasteiger partial charge in [0.1, 0.15) is 16.4 Å². The third-order valence-electron chi connectivity index (χ3n) is 5.38. The molecule has 0 spiro atoms. The molecule has 1 aliphatic rings. The summed E-state index contributed by atoms with van der Waals surface area (Å²) in [5.41, 5.74) is 4.28. The molecule has 144 valence electrons. The van der Waals surface area contributed by atoms with E-state index in [-0.39, 0.29) is 5.56 Å². The van der Waals surface area contributed by atoms with Gasteiger partial charge in [0.2, 0.25) is 0 Å². The highest BCUT2D eigenvalue weighted by molar-refractivity contribution is 7.19. The number of fused-ring (bicyclic) bond motifs is 2. The van der Waals surface area contributed by atoms with Crippen LogP contribution in [-0.4, -0.2) is 16.7 Å². The topological polar surface area (TPSA) is 44.1 Å². The third-order valence-corrected chi connectivity index (χ3v) is 6.38. The Morgan fingerprint density at radius 3 is 2.76 bits per heavy atom. The van der Waals surface area contributed by atoms with E-state index in [2.05, 4.69) is 25.1 Å². The Bertz CT molecular complexity index is 1320. The van der Waals surface area contributed by atoms with Crippen molar-refractivity contribution in [1.29, 1.82) is 0 Å². The Kier molecular flexibility index (Phi) is 4.32. The molecule has 5 heteroatoms. The zero-order chi connectivity index (χ0) is 20.0. The summed E-state index contributed by atoms with van der Waals surface area (Å²) >= 11 is 1.60. The van der Waals surface area contributed by atoms with Crippen LogP contribution in [0.15, 0.2) is 59.4 Å². The van der Waals surface area contributed by atoms with Crippen molar-refractivity contribution >= 4 is 33.2 Å². The normalized spacial score (nSPS) is 14.5. The number of rotatable bonds is 3. The Morgan fingerprint density at radius 1 is 1.14 bits per heavy atom. The number of aryl methyl sites for hydroxylation is 1. The average molecular weight is 401 g/mol. The molecule has 0 saturated heterocycles. The van der Waals surface area contributed by atoms with Gasteiger partial charge in [0.05, 0.1) is 12.5 Å². The van der Waals surface area contributed by atoms with E-state index < -0.39 is 0 Å². The van der Waals surface area contributed by atoms with Crippen LogP contribution in [0.25, 0.3) is 33.0 Å². The first-order valence-corrected chi connectivity index (χ1v) is 10.4. The molecule has 0 radical (unpaired) electrons. The van der Waals surface area contributed by atoms with Crippen LogP contribution in [0.2, 0.25) is 0 Å². The van der Waals surface area contributed by atoms with Gasteiger partial charge in [0, 0.05) is 17.0 Å². The predicted octanol–water partition coefficient (Wildman–Crippen LogP) is 5.39. The summed E-state index contributed by atoms with van der Waals surface area (Å²) in [6, 6.07) is 18.0. The first-order valence-electron chi connectivity index (χ1n) is 9.60. The second kappa shape index (κ2) is 7.01. The molecule has 0 unspecified atom stereocenters. The monoisotopic (exact) mass is 400 g/mol. The van der Waals surface area contributed by atoms with Gasteiger partial charge in [-0.05, 0) is 48.3 Å². The summed E-state index contributed by atoms with van der Waals surface area (Å²) in [5, 5.41) is 0.741. The fourth-order valence-electron chi connectivity index (χ4n) is 4.01. The van der Waals surface area contributed by atoms with E-state index in [4.69, 9.17) is 9.72 Å². The second-order valence-corrected chi connectivity index (χ2v) is 8.37. The summed E-state index contributed by atoms with van der Waals surface area (Å²) in [7, 11) is 1.67. The minimum absolute atomic E-state index is 0.0576. The van der Waals surface area contributed by atoms with Crippen LogP contribution >= 0.6 is 11.3 Å². The molecule has 5 rings (SSSR count). The van der Waals surface area contributed by atoms with Gasteiger partial charge in [-0.25, -0.2) is 4.98 Å². The summed E-state index contributed by atoms with van der Waals surface area (Å²) in [6.45, 7) is 2.73. The molecule has 0 amide bonds. The van der Waals surface area contributed by atoms with Crippen LogP contribution in [0, 0.1) is 6.92 Å². The van der Waals surface area contributed by atoms with Crippen LogP contribution < -0.4 is 10.3 Å². The van der Waals surface area contributed by atoms with Crippen molar-refractivity contribution in [3.63, 3.8) is 0 Å². The van der Waals surface area contributed by atoms with Gasteiger partial charge in [-0.15, -0.1) is 11.3 Å². The number of hydrogen-bond acceptors (Lipinski definition) is 4. The minimum atomic E-state index is 0.0576. The zero-order valence-corrected chi connectivity index (χ0v) is 17.1. The van der Waals surface area contributed by atoms with E-state index in [1.165, 1.54) is 0 Å². The van der Waals surface area contributed by atoms with E-state index in [1.807, 2.05) is 47.0 Å². The largest absolute Gasteiger partial charge is 0.497 e. The van der Waals surface area contributed by atoms with Crippen LogP contribution in [0.3, 0.4) is 0 Å². The lowest BCUT2D eigenvalue weighted by molar-refractivity contribution is 0.414. The van der Waals surface area contributed by atoms with Crippen LogP contribution in [-0.2, 0) is 6.54 Å². The van der Waals surface area contributed by atoms with Gasteiger partial charge in [-0.2, -0.15) is 0 Å². The van der Waals surface area contributed by atoms with Gasteiger partial charge in [0.25, 0.3) is 5.56 Å². The predicted molar refractivity (Wildman–Crippen MR) is 120 cm³/mol. The molecule has 4 aromatic rings. The van der Waals surface area contributed by atoms with Crippen molar-refractivity contribution in [3.05, 3.63) is 81.2 Å². The summed E-state index contributed by atoms with van der Waals surface area (Å²) < 4.78 is 7.15. The number of benzene rings is 2. The van der Waals surface area contributed by atoms with Crippen LogP contribution in [0.1, 0.15) is 22.7 Å². The molecular weight excluding hydrogens is 380 g/mol. The van der Waals surface area contributed by atoms with E-state index in [0.29, 0.717) is 6.54 Å². The summed E-state index contributed by atoms with van der Waals surface area (Å²) in [4.78, 5) is 20.3. The van der Waals surface area contributed by atoms with Crippen LogP contribution in [0.4, 0.5) is 0 Å². The first kappa shape index (κ1) is 17.9. The second-order valence-electron chi connectivity index (χ2n) is 7.17. The SMILES string of the molecule is COc1cccc(/C=C2\CCn3c2nc2sc(C)c(-c4ccccc4)c2c3=O)c1. The first-order chi connectivity index (χ1) is 14.2. The maximum absolute atomic E-state index is 13.4. The fraction of sp³-hybridized carbons (Fsp3) is 0.167. The van der Waals surface area contributed by atoms with Crippen molar-refractivity contribution in [2.45, 2.75) is 19.9 Å². The quantitative estimate of drug-likeness (QED) is 0.463. The Hall–Kier alpha value is -3.18. The number of nitrogens with zero attached hydrogens (tertiary/aromatic N) is 2. The Morgan fingerprint density at radius 2 is 1.97 bits per heavy atom. The maximum Gasteiger partial charge on any atom is 0.263 e. The molecule has 0 atom stereocenters. The van der Waals surface area contributed by atoms with Crippen molar-refractivity contribution in [1.82, 2.24) is 9.55 Å². The van der Waals surface area contributed by atoms with Crippen molar-refractivity contribution in [2.75, 3.05) is 7.11 Å². The number of thiophene rings is 1. The maximum atomic E-state index is 13.4. The van der Waals surface area contributed by atoms with Crippen molar-refractivity contribution < 1.29 is 4.74 Å². The molecule has 0 fully saturated rings. The number of ether oxygens (including phenoxy) is 1. The van der Waals surface area contributed by atoms with Crippen molar-refractivity contribution in [3.8, 4) is 16.9 Å². The van der Waals surface area contributed by atoms with E-state index >= 15 is 0 Å². The lowest BCUT2D eigenvalue weighted by atomic mass is 10.0. The zero-order valence-electron chi connectivity index (χ0n) is 16.3. The van der Waals surface area contributed by atoms with E-state index in [0.717, 1.165) is 55.4 Å². The standard InChI is InChI=1S/C24H20N2O2S/c1-15-20(17-8-4-3-5-9-17)21-23(29-15)25-22-18(11-12-26(22)24(21)27)13-16-7-6-10-19(14-16)28-2/h3-10,13-14H,11-12H2,1-2H3/b18-13+. The molecule has 4 nitrogen and oxygen atoms in total. The molecule has 1 aliphatic heterocycles. The van der Waals surface area contributed by atoms with Crippen LogP contribution in [0.5, 0.6) is 5.75 Å². The Labute approximate surface area is 172 Å². The molecule has 2 aromatic carbocycles. The van der Waals surface area contributed by atoms with Crippen molar-refractivity contribution in [2.24, 2.45) is 0 Å². The highest BCUT2D eigenvalue weighted by atomic mass is 32.1. The average Bonchev–Trinajstić information content (AvgIpc) is 3.30. The van der Waals surface area contributed by atoms with Gasteiger partial charge in [-0.1, -0.05) is 42.5 Å². The Balaban J connectivity index is 1.68. The number of hydrogen-bond donors (Lipinski definition) is 0. The number of aromatic nitrogens is 2. The summed E-state index contributed by atoms with van der Waals surface area (Å²) in [5.74, 6) is 1.60. The highest BCUT2D eigenvalue weighted by Crippen LogP contribution is 2.37. The van der Waals surface area contributed by atoms with E-state index in [1.54, 1.807) is 18.4 Å². The third kappa shape index (κ3) is 2.98. The minimum Gasteiger partial charge on any atom is -0.497 e. The van der Waals surface area contributed by atoms with E-state index in [9.17, 15) is 4.79 Å². The van der Waals surface area contributed by atoms with Gasteiger partial charge in [-0.3, -0.25) is 9.36 Å². The molecule has 0 N–H and O–H groups in total. The fourth-order valence-corrected chi connectivity index (χ4v) is 5.05. The van der Waals surface area contributed by atoms with Gasteiger partial charge < -0.3 is 4.74 Å².